The molecule has 0 aliphatic heterocycles. The molecule has 1 heterocycles. The lowest BCUT2D eigenvalue weighted by molar-refractivity contribution is 0.139. The average Bonchev–Trinajstić information content (AvgIpc) is 2.00. The van der Waals surface area contributed by atoms with Crippen molar-refractivity contribution in [1.29, 1.82) is 0 Å². The monoisotopic (exact) mass is 371 g/mol. The molecule has 0 amide bonds. The first-order valence-corrected chi connectivity index (χ1v) is 6.70. The van der Waals surface area contributed by atoms with Gasteiger partial charge in [0.25, 0.3) is 15.5 Å². The van der Waals surface area contributed by atoms with Crippen LogP contribution >= 0.6 is 33.3 Å². The number of nitrogens with zero attached hydrogens (tertiary/aromatic N) is 1. The predicted molar refractivity (Wildman–Crippen MR) is 54.9 cm³/mol. The normalized spacial score (nSPS) is 12.1. The Morgan fingerprint density at radius 1 is 1.47 bits per heavy atom. The predicted octanol–water partition coefficient (Wildman–Crippen LogP) is 2.69. The van der Waals surface area contributed by atoms with E-state index in [1.807, 2.05) is 0 Å². The van der Waals surface area contributed by atoms with Crippen molar-refractivity contribution in [2.24, 2.45) is 0 Å². The first-order valence-electron chi connectivity index (χ1n) is 3.32. The van der Waals surface area contributed by atoms with Crippen LogP contribution in [0.25, 0.3) is 0 Å². The summed E-state index contributed by atoms with van der Waals surface area (Å²) in [5.41, 5.74) is -1.23. The highest BCUT2D eigenvalue weighted by atomic mass is 127. The van der Waals surface area contributed by atoms with Gasteiger partial charge in [0.05, 0.1) is 3.57 Å². The van der Waals surface area contributed by atoms with E-state index in [9.17, 15) is 21.6 Å². The van der Waals surface area contributed by atoms with Crippen molar-refractivity contribution >= 4 is 42.3 Å². The third-order valence-corrected chi connectivity index (χ3v) is 3.94. The van der Waals surface area contributed by atoms with E-state index in [1.165, 1.54) is 22.6 Å². The quantitative estimate of drug-likeness (QED) is 0.593. The summed E-state index contributed by atoms with van der Waals surface area (Å²) in [6, 6.07) is 0. The Kier molecular flexibility index (Phi) is 3.82. The number of aromatic nitrogens is 1. The molecule has 0 aliphatic carbocycles. The van der Waals surface area contributed by atoms with Crippen molar-refractivity contribution in [3.05, 3.63) is 21.3 Å². The number of pyridine rings is 1. The van der Waals surface area contributed by atoms with Crippen molar-refractivity contribution < 1.29 is 21.6 Å². The van der Waals surface area contributed by atoms with E-state index in [0.29, 0.717) is 0 Å². The highest BCUT2D eigenvalue weighted by molar-refractivity contribution is 14.1. The van der Waals surface area contributed by atoms with E-state index in [2.05, 4.69) is 4.98 Å². The molecule has 0 unspecified atom stereocenters. The lowest BCUT2D eigenvalue weighted by atomic mass is 10.3. The number of hydrogen-bond donors (Lipinski definition) is 0. The van der Waals surface area contributed by atoms with Gasteiger partial charge in [-0.3, -0.25) is 4.98 Å². The van der Waals surface area contributed by atoms with Gasteiger partial charge in [0.15, 0.2) is 5.82 Å². The second-order valence-electron chi connectivity index (χ2n) is 2.37. The van der Waals surface area contributed by atoms with E-state index in [0.717, 1.165) is 6.20 Å². The minimum atomic E-state index is -4.40. The lowest BCUT2D eigenvalue weighted by Crippen LogP contribution is -2.06. The van der Waals surface area contributed by atoms with Crippen molar-refractivity contribution in [2.45, 2.75) is 11.3 Å². The number of rotatable bonds is 2. The first kappa shape index (κ1) is 13.0. The highest BCUT2D eigenvalue weighted by Gasteiger charge is 2.27. The fraction of sp³-hybridized carbons (Fsp3) is 0.167. The fourth-order valence-electron chi connectivity index (χ4n) is 0.838. The van der Waals surface area contributed by atoms with Crippen molar-refractivity contribution in [2.75, 3.05) is 0 Å². The molecule has 0 atom stereocenters. The number of halogens is 5. The van der Waals surface area contributed by atoms with Gasteiger partial charge in [0.1, 0.15) is 10.6 Å². The zero-order valence-corrected chi connectivity index (χ0v) is 10.4. The summed E-state index contributed by atoms with van der Waals surface area (Å²) in [6.45, 7) is 0. The van der Waals surface area contributed by atoms with Gasteiger partial charge in [-0.15, -0.1) is 0 Å². The van der Waals surface area contributed by atoms with Crippen LogP contribution in [0.15, 0.2) is 11.1 Å². The molecule has 1 aromatic heterocycles. The summed E-state index contributed by atoms with van der Waals surface area (Å²) in [4.78, 5) is 2.13. The summed E-state index contributed by atoms with van der Waals surface area (Å²) in [7, 11) is 0.497. The maximum Gasteiger partial charge on any atom is 0.283 e. The molecule has 0 aromatic carbocycles. The van der Waals surface area contributed by atoms with E-state index in [1.54, 1.807) is 0 Å². The minimum absolute atomic E-state index is 0.149. The van der Waals surface area contributed by atoms with Gasteiger partial charge in [-0.05, 0) is 22.6 Å². The Labute approximate surface area is 101 Å². The van der Waals surface area contributed by atoms with Crippen LogP contribution in [0.2, 0.25) is 0 Å². The molecular formula is C6H2ClF3INO2S. The van der Waals surface area contributed by atoms with Crippen LogP contribution in [0.3, 0.4) is 0 Å². The van der Waals surface area contributed by atoms with Crippen molar-refractivity contribution in [3.8, 4) is 0 Å². The van der Waals surface area contributed by atoms with Crippen LogP contribution in [0.4, 0.5) is 13.2 Å². The minimum Gasteiger partial charge on any atom is -0.251 e. The Bertz CT molecular complexity index is 493. The van der Waals surface area contributed by atoms with E-state index in [4.69, 9.17) is 10.7 Å². The van der Waals surface area contributed by atoms with Gasteiger partial charge in [-0.25, -0.2) is 21.6 Å². The van der Waals surface area contributed by atoms with Gasteiger partial charge >= 0.3 is 0 Å². The molecule has 0 fully saturated rings. The molecule has 0 saturated heterocycles. The van der Waals surface area contributed by atoms with Crippen LogP contribution in [0.1, 0.15) is 12.1 Å². The number of alkyl halides is 2. The Morgan fingerprint density at radius 3 is 2.40 bits per heavy atom. The summed E-state index contributed by atoms with van der Waals surface area (Å²) in [5, 5.41) is 0. The molecule has 0 radical (unpaired) electrons. The molecule has 1 aromatic rings. The Balaban J connectivity index is 3.59. The molecule has 0 spiro atoms. The van der Waals surface area contributed by atoms with Gasteiger partial charge in [0.2, 0.25) is 0 Å². The van der Waals surface area contributed by atoms with E-state index >= 15 is 0 Å². The van der Waals surface area contributed by atoms with Gasteiger partial charge in [-0.1, -0.05) is 0 Å². The van der Waals surface area contributed by atoms with Crippen LogP contribution in [0, 0.1) is 9.39 Å². The van der Waals surface area contributed by atoms with Crippen molar-refractivity contribution in [3.63, 3.8) is 0 Å². The smallest absolute Gasteiger partial charge is 0.251 e. The third-order valence-electron chi connectivity index (χ3n) is 1.41. The zero-order valence-electron chi connectivity index (χ0n) is 6.72. The molecule has 0 saturated carbocycles. The van der Waals surface area contributed by atoms with Crippen LogP contribution in [-0.4, -0.2) is 13.4 Å². The standard InChI is InChI=1S/C6H2ClF3INO2S/c7-15(13,14)5-2(11)1-12-4(3(5)8)6(9)10/h1,6H. The average molecular weight is 372 g/mol. The summed E-state index contributed by atoms with van der Waals surface area (Å²) < 4.78 is 59.3. The maximum atomic E-state index is 13.3. The second-order valence-corrected chi connectivity index (χ2v) is 6.04. The molecule has 0 N–H and O–H groups in total. The fourth-order valence-corrected chi connectivity index (χ4v) is 3.53. The van der Waals surface area contributed by atoms with E-state index < -0.39 is 31.9 Å². The molecule has 0 aliphatic rings. The molecule has 0 bridgehead atoms. The highest BCUT2D eigenvalue weighted by Crippen LogP contribution is 2.29. The molecule has 15 heavy (non-hydrogen) atoms. The van der Waals surface area contributed by atoms with Crippen LogP contribution < -0.4 is 0 Å². The van der Waals surface area contributed by atoms with Crippen molar-refractivity contribution in [1.82, 2.24) is 4.98 Å². The Morgan fingerprint density at radius 2 is 2.00 bits per heavy atom. The summed E-state index contributed by atoms with van der Waals surface area (Å²) >= 11 is 1.44. The molecule has 1 rings (SSSR count). The Hall–Kier alpha value is -0.0900. The lowest BCUT2D eigenvalue weighted by Gasteiger charge is -2.05. The maximum absolute atomic E-state index is 13.3. The molecule has 84 valence electrons. The van der Waals surface area contributed by atoms with Gasteiger partial charge < -0.3 is 0 Å². The second kappa shape index (κ2) is 4.42. The zero-order chi connectivity index (χ0) is 11.8. The molecule has 3 nitrogen and oxygen atoms in total. The summed E-state index contributed by atoms with van der Waals surface area (Å²) in [5.74, 6) is -1.60. The molecular weight excluding hydrogens is 369 g/mol. The SMILES string of the molecule is O=S(=O)(Cl)c1c(I)cnc(C(F)F)c1F. The summed E-state index contributed by atoms with van der Waals surface area (Å²) in [6.07, 6.45) is -2.38. The first-order chi connectivity index (χ1) is 6.75. The third kappa shape index (κ3) is 2.72. The largest absolute Gasteiger partial charge is 0.283 e. The van der Waals surface area contributed by atoms with Gasteiger partial charge in [-0.2, -0.15) is 0 Å². The van der Waals surface area contributed by atoms with Crippen LogP contribution in [-0.2, 0) is 9.05 Å². The number of hydrogen-bond acceptors (Lipinski definition) is 3. The van der Waals surface area contributed by atoms with E-state index in [-0.39, 0.29) is 3.57 Å². The van der Waals surface area contributed by atoms with Gasteiger partial charge in [0, 0.05) is 16.9 Å². The topological polar surface area (TPSA) is 47.0 Å². The van der Waals surface area contributed by atoms with Crippen LogP contribution in [0.5, 0.6) is 0 Å². The molecule has 9 heteroatoms.